The van der Waals surface area contributed by atoms with Crippen LogP contribution in [-0.4, -0.2) is 5.11 Å². The minimum absolute atomic E-state index is 0.535. The zero-order valence-electron chi connectivity index (χ0n) is 10.3. The van der Waals surface area contributed by atoms with Gasteiger partial charge in [0, 0.05) is 9.35 Å². The molecule has 0 radical (unpaired) electrons. The molecule has 0 bridgehead atoms. The number of rotatable bonds is 3. The molecule has 1 atom stereocenters. The lowest BCUT2D eigenvalue weighted by Gasteiger charge is -2.26. The molecule has 4 heteroatoms. The molecule has 1 fully saturated rings. The van der Waals surface area contributed by atoms with Gasteiger partial charge >= 0.3 is 0 Å². The first kappa shape index (κ1) is 13.8. The molecule has 1 aliphatic rings. The van der Waals surface area contributed by atoms with Gasteiger partial charge in [-0.25, -0.2) is 0 Å². The van der Waals surface area contributed by atoms with E-state index in [-0.39, 0.29) is 0 Å². The largest absolute Gasteiger partial charge is 0.383 e. The molecule has 1 heterocycles. The summed E-state index contributed by atoms with van der Waals surface area (Å²) >= 11 is 8.51. The van der Waals surface area contributed by atoms with Crippen molar-refractivity contribution in [1.29, 1.82) is 0 Å². The number of halogens is 2. The molecule has 1 saturated carbocycles. The van der Waals surface area contributed by atoms with Crippen LogP contribution in [0.5, 0.6) is 0 Å². The van der Waals surface area contributed by atoms with E-state index in [9.17, 15) is 5.11 Å². The molecular weight excluding hydrogens is 388 g/mol. The molecule has 1 N–H and O–H groups in total. The standard InChI is InChI=1S/C15H14Br2OS/c16-12-8-13(19-15(12)17)14(18)11-6-2-5-10(7-11)9-3-1-4-9/h2,5-9,14,18H,1,3-4H2. The lowest BCUT2D eigenvalue weighted by Crippen LogP contribution is -2.09. The average Bonchev–Trinajstić information content (AvgIpc) is 2.67. The highest BCUT2D eigenvalue weighted by molar-refractivity contribution is 9.13. The molecule has 1 aliphatic carbocycles. The summed E-state index contributed by atoms with van der Waals surface area (Å²) < 4.78 is 2.03. The van der Waals surface area contributed by atoms with E-state index in [1.165, 1.54) is 24.8 Å². The van der Waals surface area contributed by atoms with Crippen LogP contribution in [0, 0.1) is 0 Å². The molecule has 1 nitrogen and oxygen atoms in total. The van der Waals surface area contributed by atoms with E-state index in [0.29, 0.717) is 5.92 Å². The fourth-order valence-electron chi connectivity index (χ4n) is 2.39. The highest BCUT2D eigenvalue weighted by Gasteiger charge is 2.21. The minimum Gasteiger partial charge on any atom is -0.383 e. The topological polar surface area (TPSA) is 20.2 Å². The van der Waals surface area contributed by atoms with Crippen molar-refractivity contribution in [2.24, 2.45) is 0 Å². The van der Waals surface area contributed by atoms with Crippen LogP contribution < -0.4 is 0 Å². The van der Waals surface area contributed by atoms with Crippen LogP contribution in [0.1, 0.15) is 47.3 Å². The van der Waals surface area contributed by atoms with Gasteiger partial charge in [0.25, 0.3) is 0 Å². The highest BCUT2D eigenvalue weighted by atomic mass is 79.9. The van der Waals surface area contributed by atoms with Crippen molar-refractivity contribution < 1.29 is 5.11 Å². The predicted molar refractivity (Wildman–Crippen MR) is 86.8 cm³/mol. The van der Waals surface area contributed by atoms with Gasteiger partial charge in [-0.1, -0.05) is 30.7 Å². The quantitative estimate of drug-likeness (QED) is 0.707. The van der Waals surface area contributed by atoms with Crippen molar-refractivity contribution in [1.82, 2.24) is 0 Å². The molecule has 1 unspecified atom stereocenters. The Labute approximate surface area is 133 Å². The maximum absolute atomic E-state index is 10.5. The third-order valence-corrected chi connectivity index (χ3v) is 7.05. The zero-order chi connectivity index (χ0) is 13.4. The molecule has 1 aromatic heterocycles. The highest BCUT2D eigenvalue weighted by Crippen LogP contribution is 2.40. The second kappa shape index (κ2) is 5.68. The third kappa shape index (κ3) is 2.82. The molecular formula is C15H14Br2OS. The second-order valence-electron chi connectivity index (χ2n) is 4.97. The van der Waals surface area contributed by atoms with Gasteiger partial charge in [-0.15, -0.1) is 11.3 Å². The summed E-state index contributed by atoms with van der Waals surface area (Å²) in [6.45, 7) is 0. The molecule has 3 rings (SSSR count). The Bertz CT molecular complexity index is 570. The van der Waals surface area contributed by atoms with Crippen LogP contribution in [0.4, 0.5) is 0 Å². The van der Waals surface area contributed by atoms with Gasteiger partial charge in [-0.3, -0.25) is 0 Å². The first-order chi connectivity index (χ1) is 9.15. The molecule has 0 spiro atoms. The first-order valence-electron chi connectivity index (χ1n) is 6.38. The van der Waals surface area contributed by atoms with Gasteiger partial charge < -0.3 is 5.11 Å². The maximum Gasteiger partial charge on any atom is 0.113 e. The zero-order valence-corrected chi connectivity index (χ0v) is 14.3. The Hall–Kier alpha value is -0.160. The SMILES string of the molecule is OC(c1cccc(C2CCC2)c1)c1cc(Br)c(Br)s1. The van der Waals surface area contributed by atoms with Gasteiger partial charge in [0.05, 0.1) is 3.79 Å². The monoisotopic (exact) mass is 400 g/mol. The van der Waals surface area contributed by atoms with E-state index in [1.807, 2.05) is 12.1 Å². The van der Waals surface area contributed by atoms with Crippen LogP contribution in [0.25, 0.3) is 0 Å². The summed E-state index contributed by atoms with van der Waals surface area (Å²) in [5.41, 5.74) is 2.36. The summed E-state index contributed by atoms with van der Waals surface area (Å²) in [4.78, 5) is 0.963. The van der Waals surface area contributed by atoms with E-state index >= 15 is 0 Å². The van der Waals surface area contributed by atoms with E-state index < -0.39 is 6.10 Å². The molecule has 0 saturated heterocycles. The summed E-state index contributed by atoms with van der Waals surface area (Å²) in [5.74, 6) is 0.703. The molecule has 19 heavy (non-hydrogen) atoms. The number of aliphatic hydroxyl groups excluding tert-OH is 1. The molecule has 2 aromatic rings. The fraction of sp³-hybridized carbons (Fsp3) is 0.333. The maximum atomic E-state index is 10.5. The van der Waals surface area contributed by atoms with Crippen molar-refractivity contribution in [3.8, 4) is 0 Å². The van der Waals surface area contributed by atoms with Crippen molar-refractivity contribution in [3.05, 3.63) is 54.6 Å². The van der Waals surface area contributed by atoms with Crippen LogP contribution in [0.2, 0.25) is 0 Å². The summed E-state index contributed by atoms with van der Waals surface area (Å²) in [7, 11) is 0. The van der Waals surface area contributed by atoms with Crippen LogP contribution in [-0.2, 0) is 0 Å². The van der Waals surface area contributed by atoms with Crippen molar-refractivity contribution >= 4 is 43.2 Å². The number of aliphatic hydroxyl groups is 1. The molecule has 0 aliphatic heterocycles. The number of thiophene rings is 1. The predicted octanol–water partition coefficient (Wildman–Crippen LogP) is 5.62. The Morgan fingerprint density at radius 2 is 2.00 bits per heavy atom. The number of hydrogen-bond acceptors (Lipinski definition) is 2. The van der Waals surface area contributed by atoms with Crippen LogP contribution >= 0.6 is 43.2 Å². The smallest absolute Gasteiger partial charge is 0.113 e. The molecule has 100 valence electrons. The third-order valence-electron chi connectivity index (χ3n) is 3.74. The first-order valence-corrected chi connectivity index (χ1v) is 8.78. The van der Waals surface area contributed by atoms with Gasteiger partial charge in [0.1, 0.15) is 6.10 Å². The Morgan fingerprint density at radius 1 is 1.21 bits per heavy atom. The minimum atomic E-state index is -0.535. The summed E-state index contributed by atoms with van der Waals surface area (Å²) in [6.07, 6.45) is 3.38. The Morgan fingerprint density at radius 3 is 2.58 bits per heavy atom. The number of hydrogen-bond donors (Lipinski definition) is 1. The Balaban J connectivity index is 1.88. The lowest BCUT2D eigenvalue weighted by molar-refractivity contribution is 0.224. The summed E-state index contributed by atoms with van der Waals surface area (Å²) in [5, 5.41) is 10.5. The lowest BCUT2D eigenvalue weighted by atomic mass is 9.79. The van der Waals surface area contributed by atoms with E-state index in [2.05, 4.69) is 50.1 Å². The fourth-order valence-corrected chi connectivity index (χ4v) is 4.49. The van der Waals surface area contributed by atoms with E-state index in [0.717, 1.165) is 18.7 Å². The summed E-state index contributed by atoms with van der Waals surface area (Å²) in [6, 6.07) is 10.4. The Kier molecular flexibility index (Phi) is 4.13. The molecule has 0 amide bonds. The molecule has 1 aromatic carbocycles. The van der Waals surface area contributed by atoms with Gasteiger partial charge in [-0.2, -0.15) is 0 Å². The number of benzene rings is 1. The van der Waals surface area contributed by atoms with Crippen molar-refractivity contribution in [3.63, 3.8) is 0 Å². The average molecular weight is 402 g/mol. The van der Waals surface area contributed by atoms with Crippen molar-refractivity contribution in [2.75, 3.05) is 0 Å². The van der Waals surface area contributed by atoms with Crippen LogP contribution in [0.15, 0.2) is 38.6 Å². The van der Waals surface area contributed by atoms with Crippen molar-refractivity contribution in [2.45, 2.75) is 31.3 Å². The van der Waals surface area contributed by atoms with Gasteiger partial charge in [-0.05, 0) is 67.8 Å². The van der Waals surface area contributed by atoms with E-state index in [1.54, 1.807) is 11.3 Å². The van der Waals surface area contributed by atoms with Crippen LogP contribution in [0.3, 0.4) is 0 Å². The normalized spacial score (nSPS) is 17.2. The van der Waals surface area contributed by atoms with Gasteiger partial charge in [0.15, 0.2) is 0 Å². The second-order valence-corrected chi connectivity index (χ2v) is 8.23. The van der Waals surface area contributed by atoms with Gasteiger partial charge in [0.2, 0.25) is 0 Å². The van der Waals surface area contributed by atoms with E-state index in [4.69, 9.17) is 0 Å².